The average Bonchev–Trinajstić information content (AvgIpc) is 3.41. The highest BCUT2D eigenvalue weighted by Gasteiger charge is 2.59. The minimum absolute atomic E-state index is 0.0486. The fourth-order valence-corrected chi connectivity index (χ4v) is 4.40. The molecule has 1 heterocycles. The molecule has 1 aliphatic heterocycles. The summed E-state index contributed by atoms with van der Waals surface area (Å²) in [6, 6.07) is 6.00. The molecule has 0 spiro atoms. The lowest BCUT2D eigenvalue weighted by atomic mass is 9.85. The Morgan fingerprint density at radius 2 is 1.60 bits per heavy atom. The van der Waals surface area contributed by atoms with Crippen molar-refractivity contribution in [3.05, 3.63) is 47.0 Å². The van der Waals surface area contributed by atoms with Crippen LogP contribution in [0.2, 0.25) is 5.02 Å². The topological polar surface area (TPSA) is 122 Å². The molecular formula is C20H18ClN3O6. The first-order valence-electron chi connectivity index (χ1n) is 9.39. The number of allylic oxidation sites excluding steroid dienone is 2. The molecule has 0 unspecified atom stereocenters. The molecule has 4 rings (SSSR count). The Balaban J connectivity index is 1.22. The summed E-state index contributed by atoms with van der Waals surface area (Å²) < 4.78 is 4.83. The number of nitrogens with one attached hydrogen (secondary N) is 2. The molecule has 0 radical (unpaired) electrons. The number of hydrazine groups is 1. The molecule has 9 nitrogen and oxygen atoms in total. The van der Waals surface area contributed by atoms with Gasteiger partial charge in [0.1, 0.15) is 6.54 Å². The number of nitrogens with zero attached hydrogens (tertiary/aromatic N) is 1. The van der Waals surface area contributed by atoms with Crippen molar-refractivity contribution in [3.63, 3.8) is 0 Å². The van der Waals surface area contributed by atoms with Crippen LogP contribution in [0, 0.1) is 23.7 Å². The van der Waals surface area contributed by atoms with E-state index in [1.807, 2.05) is 12.2 Å². The van der Waals surface area contributed by atoms with Crippen molar-refractivity contribution in [2.75, 3.05) is 13.2 Å². The van der Waals surface area contributed by atoms with Crippen molar-refractivity contribution in [2.24, 2.45) is 23.7 Å². The Bertz CT molecular complexity index is 930. The molecule has 4 atom stereocenters. The van der Waals surface area contributed by atoms with Gasteiger partial charge in [-0.2, -0.15) is 0 Å². The van der Waals surface area contributed by atoms with E-state index < -0.39 is 42.8 Å². The second kappa shape index (κ2) is 7.91. The second-order valence-corrected chi connectivity index (χ2v) is 7.87. The van der Waals surface area contributed by atoms with Crippen molar-refractivity contribution in [1.82, 2.24) is 15.8 Å². The Labute approximate surface area is 176 Å². The van der Waals surface area contributed by atoms with E-state index in [0.717, 1.165) is 11.3 Å². The van der Waals surface area contributed by atoms with Crippen molar-refractivity contribution >= 4 is 41.2 Å². The molecular weight excluding hydrogens is 414 g/mol. The highest BCUT2D eigenvalue weighted by atomic mass is 35.5. The third kappa shape index (κ3) is 3.68. The van der Waals surface area contributed by atoms with Crippen LogP contribution in [-0.2, 0) is 23.9 Å². The van der Waals surface area contributed by atoms with Gasteiger partial charge in [0.25, 0.3) is 11.8 Å². The molecule has 4 amide bonds. The molecule has 10 heteroatoms. The predicted molar refractivity (Wildman–Crippen MR) is 102 cm³/mol. The van der Waals surface area contributed by atoms with Crippen molar-refractivity contribution in [1.29, 1.82) is 0 Å². The third-order valence-electron chi connectivity index (χ3n) is 5.63. The van der Waals surface area contributed by atoms with Gasteiger partial charge in [0.15, 0.2) is 6.61 Å². The smallest absolute Gasteiger partial charge is 0.326 e. The summed E-state index contributed by atoms with van der Waals surface area (Å²) in [5, 5.41) is 0.463. The highest BCUT2D eigenvalue weighted by molar-refractivity contribution is 6.30. The van der Waals surface area contributed by atoms with E-state index in [1.54, 1.807) is 0 Å². The van der Waals surface area contributed by atoms with Crippen LogP contribution >= 0.6 is 11.6 Å². The van der Waals surface area contributed by atoms with E-state index >= 15 is 0 Å². The van der Waals surface area contributed by atoms with E-state index in [2.05, 4.69) is 10.9 Å². The second-order valence-electron chi connectivity index (χ2n) is 7.43. The number of carbonyl (C=O) groups is 5. The number of rotatable bonds is 5. The first-order valence-corrected chi connectivity index (χ1v) is 9.77. The first kappa shape index (κ1) is 20.1. The number of likely N-dealkylation sites (tertiary alicyclic amines) is 1. The lowest BCUT2D eigenvalue weighted by molar-refractivity contribution is -0.155. The van der Waals surface area contributed by atoms with Gasteiger partial charge in [-0.25, -0.2) is 0 Å². The minimum Gasteiger partial charge on any atom is -0.454 e. The molecule has 2 aliphatic carbocycles. The Morgan fingerprint density at radius 1 is 1.00 bits per heavy atom. The number of halogens is 1. The van der Waals surface area contributed by atoms with Crippen molar-refractivity contribution in [3.8, 4) is 0 Å². The number of fused-ring (bicyclic) bond motifs is 5. The first-order chi connectivity index (χ1) is 14.3. The molecule has 1 saturated carbocycles. The molecule has 3 aliphatic rings. The Hall–Kier alpha value is -3.20. The van der Waals surface area contributed by atoms with Crippen molar-refractivity contribution < 1.29 is 28.7 Å². The summed E-state index contributed by atoms with van der Waals surface area (Å²) in [7, 11) is 0. The molecule has 30 heavy (non-hydrogen) atoms. The lowest BCUT2D eigenvalue weighted by Crippen LogP contribution is -2.44. The van der Waals surface area contributed by atoms with Crippen LogP contribution < -0.4 is 10.9 Å². The largest absolute Gasteiger partial charge is 0.454 e. The summed E-state index contributed by atoms with van der Waals surface area (Å²) in [5.74, 6) is -3.65. The van der Waals surface area contributed by atoms with Gasteiger partial charge in [-0.15, -0.1) is 0 Å². The monoisotopic (exact) mass is 431 g/mol. The van der Waals surface area contributed by atoms with Gasteiger partial charge in [-0.05, 0) is 42.5 Å². The third-order valence-corrected chi connectivity index (χ3v) is 5.89. The standard InChI is InChI=1S/C20H18ClN3O6/c21-13-5-3-10(4-6-13)18(27)23-22-14(25)9-30-15(26)8-24-19(28)16-11-1-2-12(7-11)17(16)20(24)29/h1-6,11-12,16-17H,7-9H2,(H,22,25)(H,23,27)/t11-,12-,16-,17+/m0/s1. The number of esters is 1. The summed E-state index contributed by atoms with van der Waals surface area (Å²) in [4.78, 5) is 61.7. The molecule has 2 bridgehead atoms. The zero-order valence-electron chi connectivity index (χ0n) is 15.7. The zero-order chi connectivity index (χ0) is 21.4. The quantitative estimate of drug-likeness (QED) is 0.302. The van der Waals surface area contributed by atoms with E-state index in [4.69, 9.17) is 16.3 Å². The molecule has 2 fully saturated rings. The number of ether oxygens (including phenoxy) is 1. The SMILES string of the molecule is O=C(COC(=O)CN1C(=O)[C@@H]2[C@H](C1=O)[C@H]1C=C[C@H]2C1)NNC(=O)c1ccc(Cl)cc1. The summed E-state index contributed by atoms with van der Waals surface area (Å²) in [6.45, 7) is -1.20. The average molecular weight is 432 g/mol. The zero-order valence-corrected chi connectivity index (χ0v) is 16.4. The van der Waals surface area contributed by atoms with E-state index in [0.29, 0.717) is 5.02 Å². The molecule has 1 saturated heterocycles. The van der Waals surface area contributed by atoms with Gasteiger partial charge in [0.05, 0.1) is 11.8 Å². The van der Waals surface area contributed by atoms with Crippen LogP contribution in [0.5, 0.6) is 0 Å². The van der Waals surface area contributed by atoms with Crippen LogP contribution in [0.4, 0.5) is 0 Å². The maximum atomic E-state index is 12.5. The van der Waals surface area contributed by atoms with Crippen LogP contribution in [0.25, 0.3) is 0 Å². The number of carbonyl (C=O) groups excluding carboxylic acids is 5. The van der Waals surface area contributed by atoms with Gasteiger partial charge < -0.3 is 4.74 Å². The van der Waals surface area contributed by atoms with E-state index in [9.17, 15) is 24.0 Å². The number of hydrogen-bond donors (Lipinski definition) is 2. The Morgan fingerprint density at radius 3 is 2.20 bits per heavy atom. The van der Waals surface area contributed by atoms with Crippen LogP contribution in [0.3, 0.4) is 0 Å². The van der Waals surface area contributed by atoms with Gasteiger partial charge >= 0.3 is 5.97 Å². The van der Waals surface area contributed by atoms with Gasteiger partial charge in [-0.1, -0.05) is 23.8 Å². The van der Waals surface area contributed by atoms with E-state index in [1.165, 1.54) is 24.3 Å². The summed E-state index contributed by atoms with van der Waals surface area (Å²) in [6.07, 6.45) is 4.72. The summed E-state index contributed by atoms with van der Waals surface area (Å²) in [5.41, 5.74) is 4.56. The fraction of sp³-hybridized carbons (Fsp3) is 0.350. The normalized spacial score (nSPS) is 26.0. The molecule has 1 aromatic rings. The van der Waals surface area contributed by atoms with Crippen LogP contribution in [-0.4, -0.2) is 47.6 Å². The van der Waals surface area contributed by atoms with Gasteiger partial charge in [0.2, 0.25) is 11.8 Å². The molecule has 2 N–H and O–H groups in total. The lowest BCUT2D eigenvalue weighted by Gasteiger charge is -2.16. The number of imide groups is 1. The molecule has 0 aromatic heterocycles. The van der Waals surface area contributed by atoms with E-state index in [-0.39, 0.29) is 29.2 Å². The predicted octanol–water partition coefficient (Wildman–Crippen LogP) is 0.451. The van der Waals surface area contributed by atoms with Crippen LogP contribution in [0.15, 0.2) is 36.4 Å². The molecule has 156 valence electrons. The maximum Gasteiger partial charge on any atom is 0.326 e. The fourth-order valence-electron chi connectivity index (χ4n) is 4.28. The van der Waals surface area contributed by atoms with Crippen LogP contribution in [0.1, 0.15) is 16.8 Å². The number of benzene rings is 1. The minimum atomic E-state index is -0.879. The Kier molecular flexibility index (Phi) is 5.29. The summed E-state index contributed by atoms with van der Waals surface area (Å²) >= 11 is 5.74. The van der Waals surface area contributed by atoms with Gasteiger partial charge in [0, 0.05) is 10.6 Å². The highest BCUT2D eigenvalue weighted by Crippen LogP contribution is 2.52. The number of amides is 4. The maximum absolute atomic E-state index is 12.5. The van der Waals surface area contributed by atoms with Gasteiger partial charge in [-0.3, -0.25) is 39.7 Å². The van der Waals surface area contributed by atoms with Crippen molar-refractivity contribution in [2.45, 2.75) is 6.42 Å². The molecule has 1 aromatic carbocycles. The number of hydrogen-bond acceptors (Lipinski definition) is 6.